The molecular formula is C133H156O2. The van der Waals surface area contributed by atoms with Crippen molar-refractivity contribution in [2.45, 2.75) is 373 Å². The predicted molar refractivity (Wildman–Crippen MR) is 572 cm³/mol. The van der Waals surface area contributed by atoms with Crippen LogP contribution >= 0.6 is 0 Å². The highest BCUT2D eigenvalue weighted by Gasteiger charge is 2.39. The molecule has 0 N–H and O–H groups in total. The lowest BCUT2D eigenvalue weighted by molar-refractivity contribution is -0.138. The zero-order chi connectivity index (χ0) is 95.6. The third-order valence-electron chi connectivity index (χ3n) is 35.6. The summed E-state index contributed by atoms with van der Waals surface area (Å²) in [5.41, 5.74) is 71.8. The van der Waals surface area contributed by atoms with Crippen molar-refractivity contribution in [1.29, 1.82) is 0 Å². The van der Waals surface area contributed by atoms with E-state index in [1.54, 1.807) is 6.92 Å². The summed E-state index contributed by atoms with van der Waals surface area (Å²) in [6.07, 6.45) is 20.0. The highest BCUT2D eigenvalue weighted by molar-refractivity contribution is 5.87. The number of fused-ring (bicyclic) bond motifs is 24. The van der Waals surface area contributed by atoms with E-state index < -0.39 is 0 Å². The molecule has 2 heteroatoms. The first kappa shape index (κ1) is 95.2. The molecule has 7 aliphatic carbocycles. The lowest BCUT2D eigenvalue weighted by Gasteiger charge is -2.34. The van der Waals surface area contributed by atoms with E-state index in [1.165, 1.54) is 267 Å². The maximum absolute atomic E-state index is 10.6. The fourth-order valence-electron chi connectivity index (χ4n) is 28.9. The number of hydrogen-bond donors (Lipinski definition) is 0. The summed E-state index contributed by atoms with van der Waals surface area (Å²) in [6.45, 7) is 67.7. The van der Waals surface area contributed by atoms with Crippen molar-refractivity contribution in [3.63, 3.8) is 0 Å². The Hall–Kier alpha value is -10.2. The number of ether oxygens (including phenoxy) is 1. The van der Waals surface area contributed by atoms with Crippen LogP contribution in [0.2, 0.25) is 0 Å². The number of esters is 1. The second-order valence-electron chi connectivity index (χ2n) is 44.9. The van der Waals surface area contributed by atoms with Gasteiger partial charge in [-0.05, 0) is 524 Å². The van der Waals surface area contributed by atoms with E-state index in [0.717, 1.165) is 122 Å². The zero-order valence-corrected chi connectivity index (χ0v) is 87.5. The Kier molecular flexibility index (Phi) is 27.0. The Labute approximate surface area is 814 Å². The summed E-state index contributed by atoms with van der Waals surface area (Å²) in [5, 5.41) is 0. The SMILES string of the molecule is C=C(C)C(=O)OCCC.Cc1cc(C)c2cc1C1CCCC3c4cc(c(C)cc4C)C4CCCC5c6cc(c(C)cc6C)C6CCCC2c2cc(c(C)cc2C)[C@H]2CCC[C@@H](c7cc1c(C)cc7C)c1cc(c(C)cc1C)[C@H](CCC[C@@H](c1cc4c(C)cc1C)c1cc(c(C)cc1C)[C@H](CCC[C@@H](c1cc6c(C)cc1C)c1cc2c(C)cc1C)c1cc5c(C)cc1C)c1cc3c(C)cc1C. The van der Waals surface area contributed by atoms with Crippen LogP contribution in [-0.4, -0.2) is 12.6 Å². The number of hydrogen-bond acceptors (Lipinski definition) is 2. The molecule has 12 aromatic carbocycles. The molecule has 0 heterocycles. The van der Waals surface area contributed by atoms with Crippen LogP contribution in [-0.2, 0) is 9.53 Å². The topological polar surface area (TPSA) is 26.3 Å². The van der Waals surface area contributed by atoms with Crippen LogP contribution in [0.3, 0.4) is 0 Å². The van der Waals surface area contributed by atoms with Crippen LogP contribution in [0.4, 0.5) is 0 Å². The van der Waals surface area contributed by atoms with Gasteiger partial charge in [0.15, 0.2) is 0 Å². The number of carbonyl (C=O) groups excluding carboxylic acids is 1. The largest absolute Gasteiger partial charge is 0.462 e. The predicted octanol–water partition coefficient (Wildman–Crippen LogP) is 35.6. The Morgan fingerprint density at radius 2 is 0.281 bits per heavy atom. The van der Waals surface area contributed by atoms with Gasteiger partial charge < -0.3 is 4.74 Å². The summed E-state index contributed by atoms with van der Waals surface area (Å²) >= 11 is 0. The van der Waals surface area contributed by atoms with Crippen molar-refractivity contribution in [2.75, 3.05) is 6.61 Å². The minimum Gasteiger partial charge on any atom is -0.462 e. The van der Waals surface area contributed by atoms with Gasteiger partial charge in [0, 0.05) is 76.6 Å². The van der Waals surface area contributed by atoms with Crippen molar-refractivity contribution in [1.82, 2.24) is 0 Å². The van der Waals surface area contributed by atoms with Gasteiger partial charge in [-0.2, -0.15) is 0 Å². The van der Waals surface area contributed by atoms with Crippen LogP contribution in [0, 0.1) is 166 Å². The highest BCUT2D eigenvalue weighted by atomic mass is 16.5. The van der Waals surface area contributed by atoms with Crippen LogP contribution in [0.15, 0.2) is 158 Å². The van der Waals surface area contributed by atoms with Crippen LogP contribution in [0.25, 0.3) is 0 Å². The molecule has 0 amide bonds. The summed E-state index contributed by atoms with van der Waals surface area (Å²) in [7, 11) is 0. The average molecular weight is 1790 g/mol. The van der Waals surface area contributed by atoms with Gasteiger partial charge >= 0.3 is 5.97 Å². The zero-order valence-electron chi connectivity index (χ0n) is 87.5. The second-order valence-corrected chi connectivity index (χ2v) is 44.9. The number of rotatable bonds is 3. The minimum atomic E-state index is -0.295. The second kappa shape index (κ2) is 38.3. The summed E-state index contributed by atoms with van der Waals surface area (Å²) in [4.78, 5) is 10.6. The number of aryl methyl sites for hydroxylation is 24. The van der Waals surface area contributed by atoms with E-state index in [4.69, 9.17) is 4.74 Å². The van der Waals surface area contributed by atoms with E-state index in [1.807, 2.05) is 6.92 Å². The van der Waals surface area contributed by atoms with Crippen molar-refractivity contribution in [2.24, 2.45) is 0 Å². The third kappa shape index (κ3) is 17.8. The van der Waals surface area contributed by atoms with E-state index in [2.05, 4.69) is 318 Å². The Balaban J connectivity index is 0.00000129. The number of benzene rings is 12. The van der Waals surface area contributed by atoms with E-state index in [9.17, 15) is 4.79 Å². The smallest absolute Gasteiger partial charge is 0.333 e. The van der Waals surface area contributed by atoms with Crippen LogP contribution < -0.4 is 0 Å². The fourth-order valence-corrected chi connectivity index (χ4v) is 28.9. The maximum atomic E-state index is 10.6. The van der Waals surface area contributed by atoms with Gasteiger partial charge in [0.25, 0.3) is 0 Å². The summed E-state index contributed by atoms with van der Waals surface area (Å²) < 4.78 is 4.71. The van der Waals surface area contributed by atoms with E-state index in [-0.39, 0.29) is 77.0 Å². The van der Waals surface area contributed by atoms with Crippen LogP contribution in [0.5, 0.6) is 0 Å². The number of carbonyl (C=O) groups is 1. The van der Waals surface area contributed by atoms with Crippen molar-refractivity contribution in [3.8, 4) is 0 Å². The molecule has 0 spiro atoms. The Morgan fingerprint density at radius 1 is 0.193 bits per heavy atom. The molecule has 2 nitrogen and oxygen atoms in total. The molecule has 0 aliphatic heterocycles. The molecule has 7 aliphatic rings. The minimum absolute atomic E-state index is 0.158. The molecule has 0 aromatic heterocycles. The van der Waals surface area contributed by atoms with Gasteiger partial charge in [0.1, 0.15) is 0 Å². The van der Waals surface area contributed by atoms with Gasteiger partial charge in [-0.15, -0.1) is 0 Å². The molecule has 700 valence electrons. The molecule has 0 unspecified atom stereocenters. The molecule has 0 saturated heterocycles. The molecule has 0 atom stereocenters. The molecular weight excluding hydrogens is 1630 g/mol. The molecule has 0 fully saturated rings. The highest BCUT2D eigenvalue weighted by Crippen LogP contribution is 2.56. The first-order valence-corrected chi connectivity index (χ1v) is 52.7. The Bertz CT molecular complexity index is 5400. The lowest BCUT2D eigenvalue weighted by atomic mass is 9.70. The monoisotopic (exact) mass is 1790 g/mol. The first-order valence-electron chi connectivity index (χ1n) is 52.7. The quantitative estimate of drug-likeness (QED) is 0.130. The summed E-state index contributed by atoms with van der Waals surface area (Å²) in [5.74, 6) is 1.60. The van der Waals surface area contributed by atoms with E-state index >= 15 is 0 Å². The lowest BCUT2D eigenvalue weighted by Crippen LogP contribution is -2.18. The van der Waals surface area contributed by atoms with Crippen molar-refractivity contribution in [3.05, 3.63) is 425 Å². The summed E-state index contributed by atoms with van der Waals surface area (Å²) in [6, 6.07) is 66.5. The molecule has 0 saturated carbocycles. The van der Waals surface area contributed by atoms with Crippen molar-refractivity contribution >= 4 is 5.97 Å². The molecule has 19 rings (SSSR count). The van der Waals surface area contributed by atoms with E-state index in [0.29, 0.717) is 12.2 Å². The molecule has 135 heavy (non-hydrogen) atoms. The van der Waals surface area contributed by atoms with Gasteiger partial charge in [0.2, 0.25) is 0 Å². The average Bonchev–Trinajstić information content (AvgIpc) is 0.750. The van der Waals surface area contributed by atoms with Gasteiger partial charge in [-0.1, -0.05) is 198 Å². The van der Waals surface area contributed by atoms with Gasteiger partial charge in [-0.3, -0.25) is 0 Å². The Morgan fingerprint density at radius 3 is 0.356 bits per heavy atom. The fraction of sp³-hybridized carbons (Fsp3) is 0.436. The molecule has 36 bridgehead atoms. The first-order chi connectivity index (χ1) is 64.5. The van der Waals surface area contributed by atoms with Crippen molar-refractivity contribution < 1.29 is 9.53 Å². The van der Waals surface area contributed by atoms with Gasteiger partial charge in [0.05, 0.1) is 6.61 Å². The van der Waals surface area contributed by atoms with Crippen LogP contribution in [0.1, 0.15) is 474 Å². The standard InChI is InChI=1S/C126H144.C7H12O2/c1-67-43-68(2)104-55-103(67)91-31-25-32-93-105-56-107(71(5)44-69(105)3)96-37-28-38-99-112-59-110(74(8)47-76(112)10)98(120-63-119(93)83(17)51-84(120)18)39-29-40-101-113-60-114(78(12)48-77(113)11)102(126-66-125(99)89(23)54-90(126)24)42-30-41-100-111-58-109(73(7)46-75(111)9)97(123-65-124(101)88(22)53-87(123)21)36-27-35-94(116-61-115(91)79(13)49-80(116)14)106-57-108(72(6)45-70(106)4)95(121-64-122(100)86(20)52-85(121)19)34-26-33-92(104)117-62-118(96)82(16)50-81(117)15;1-4-5-9-7(8)6(2)3/h43-66,91-102H,25-42H2,1-24H3;2,4-5H2,1,3H3/t91-,92?,93+,94+,95?,96?,97-,98-,99?,100?,101+,102?;. The normalized spacial score (nSPS) is 21.7. The molecule has 12 aromatic rings. The molecule has 0 radical (unpaired) electrons. The van der Waals surface area contributed by atoms with Gasteiger partial charge in [-0.25, -0.2) is 4.79 Å². The maximum Gasteiger partial charge on any atom is 0.333 e. The third-order valence-corrected chi connectivity index (χ3v) is 35.6.